The fourth-order valence-electron chi connectivity index (χ4n) is 3.97. The van der Waals surface area contributed by atoms with Crippen molar-refractivity contribution >= 4 is 32.3 Å². The molecule has 10 heteroatoms. The molecular formula is C22H23FN6O2Si. The molecule has 1 N–H and O–H groups in total. The van der Waals surface area contributed by atoms with Crippen LogP contribution in [0.4, 0.5) is 10.2 Å². The average Bonchev–Trinajstić information content (AvgIpc) is 2.99. The number of H-pyrrole nitrogens is 1. The Bertz CT molecular complexity index is 1240. The first-order valence-electron chi connectivity index (χ1n) is 10.5. The molecule has 1 amide bonds. The number of carbonyl (C=O) groups is 1. The van der Waals surface area contributed by atoms with Crippen molar-refractivity contribution < 1.29 is 9.18 Å². The zero-order valence-corrected chi connectivity index (χ0v) is 19.1. The molecule has 1 aromatic carbocycles. The number of benzene rings is 1. The normalized spacial score (nSPS) is 17.3. The summed E-state index contributed by atoms with van der Waals surface area (Å²) in [5.41, 5.74) is 0.918. The Morgan fingerprint density at radius 3 is 2.94 bits per heavy atom. The zero-order valence-electron chi connectivity index (χ0n) is 17.7. The Hall–Kier alpha value is -3.58. The summed E-state index contributed by atoms with van der Waals surface area (Å²) in [5, 5.41) is 9.15. The second-order valence-electron chi connectivity index (χ2n) is 8.08. The van der Waals surface area contributed by atoms with Gasteiger partial charge in [-0.1, -0.05) is 6.92 Å². The first kappa shape index (κ1) is 21.6. The second kappa shape index (κ2) is 9.28. The number of nitrogens with one attached hydrogen (secondary N) is 1. The van der Waals surface area contributed by atoms with Crippen LogP contribution in [0.25, 0.3) is 10.9 Å². The van der Waals surface area contributed by atoms with E-state index in [1.165, 1.54) is 12.1 Å². The lowest BCUT2D eigenvalue weighted by molar-refractivity contribution is -0.126. The Morgan fingerprint density at radius 1 is 1.34 bits per heavy atom. The molecule has 1 saturated heterocycles. The number of aryl methyl sites for hydroxylation is 1. The molecule has 1 aliphatic heterocycles. The van der Waals surface area contributed by atoms with E-state index in [0.29, 0.717) is 42.0 Å². The van der Waals surface area contributed by atoms with E-state index in [2.05, 4.69) is 32.8 Å². The van der Waals surface area contributed by atoms with Crippen LogP contribution >= 0.6 is 0 Å². The average molecular weight is 451 g/mol. The van der Waals surface area contributed by atoms with Crippen molar-refractivity contribution in [3.63, 3.8) is 0 Å². The Kier molecular flexibility index (Phi) is 6.27. The summed E-state index contributed by atoms with van der Waals surface area (Å²) >= 11 is 0. The first-order chi connectivity index (χ1) is 15.4. The highest BCUT2D eigenvalue weighted by molar-refractivity contribution is 6.38. The molecule has 32 heavy (non-hydrogen) atoms. The van der Waals surface area contributed by atoms with Gasteiger partial charge in [0.1, 0.15) is 33.2 Å². The maximum absolute atomic E-state index is 13.4. The summed E-state index contributed by atoms with van der Waals surface area (Å²) in [5.74, 6) is 0.808. The molecule has 3 heterocycles. The van der Waals surface area contributed by atoms with Gasteiger partial charge in [-0.2, -0.15) is 5.26 Å². The topological polar surface area (TPSA) is 106 Å². The highest BCUT2D eigenvalue weighted by Gasteiger charge is 2.24. The van der Waals surface area contributed by atoms with E-state index in [-0.39, 0.29) is 17.7 Å². The molecule has 164 valence electrons. The smallest absolute Gasteiger partial charge is 0.258 e. The van der Waals surface area contributed by atoms with Crippen molar-refractivity contribution in [3.05, 3.63) is 64.1 Å². The van der Waals surface area contributed by atoms with Crippen molar-refractivity contribution in [3.8, 4) is 6.07 Å². The number of pyridine rings is 1. The van der Waals surface area contributed by atoms with Gasteiger partial charge < -0.3 is 14.4 Å². The maximum Gasteiger partial charge on any atom is 0.258 e. The summed E-state index contributed by atoms with van der Waals surface area (Å²) in [4.78, 5) is 38.7. The summed E-state index contributed by atoms with van der Waals surface area (Å²) < 4.78 is 15.3. The first-order valence-corrected chi connectivity index (χ1v) is 11.9. The summed E-state index contributed by atoms with van der Waals surface area (Å²) in [6.07, 6.45) is 2.14. The van der Waals surface area contributed by atoms with Gasteiger partial charge in [-0.05, 0) is 35.9 Å². The minimum atomic E-state index is -0.802. The van der Waals surface area contributed by atoms with Crippen LogP contribution in [0.3, 0.4) is 0 Å². The molecular weight excluding hydrogens is 427 g/mol. The summed E-state index contributed by atoms with van der Waals surface area (Å²) in [6.45, 7) is 4.28. The highest BCUT2D eigenvalue weighted by Crippen LogP contribution is 2.19. The van der Waals surface area contributed by atoms with Gasteiger partial charge in [0.25, 0.3) is 5.56 Å². The molecule has 0 unspecified atom stereocenters. The third kappa shape index (κ3) is 4.83. The fourth-order valence-corrected chi connectivity index (χ4v) is 5.83. The SMILES string of the molecule is C[C@H]1CN(c2ccc(C#N)cn2)CCN(C(=O)CCc2nc3ccc(F)cc3c(=O)[nH]2)[SiH2]1. The van der Waals surface area contributed by atoms with Gasteiger partial charge in [0, 0.05) is 38.7 Å². The third-order valence-electron chi connectivity index (χ3n) is 5.55. The van der Waals surface area contributed by atoms with E-state index in [4.69, 9.17) is 5.26 Å². The molecule has 2 aromatic heterocycles. The van der Waals surface area contributed by atoms with Crippen LogP contribution in [-0.4, -0.2) is 54.7 Å². The van der Waals surface area contributed by atoms with Gasteiger partial charge in [-0.15, -0.1) is 0 Å². The Labute approximate surface area is 186 Å². The van der Waals surface area contributed by atoms with Gasteiger partial charge in [0.2, 0.25) is 5.91 Å². The molecule has 4 rings (SSSR count). The molecule has 0 bridgehead atoms. The standard InChI is InChI=1S/C22H23FN6O2Si/c1-14-13-28(20-6-2-15(11-24)12-25-20)8-9-29(32-14)21(30)7-5-19-26-18-4-3-16(23)10-17(18)22(31)27-19/h2-4,6,10,12,14H,5,7-9,13,32H2,1H3,(H,26,27,31)/t14-/m0/s1. The van der Waals surface area contributed by atoms with Crippen molar-refractivity contribution in [2.24, 2.45) is 0 Å². The van der Waals surface area contributed by atoms with Crippen LogP contribution in [0.2, 0.25) is 5.54 Å². The van der Waals surface area contributed by atoms with Crippen LogP contribution < -0.4 is 10.5 Å². The zero-order chi connectivity index (χ0) is 22.7. The quantitative estimate of drug-likeness (QED) is 0.604. The second-order valence-corrected chi connectivity index (χ2v) is 10.6. The van der Waals surface area contributed by atoms with Crippen LogP contribution in [-0.2, 0) is 11.2 Å². The molecule has 1 aliphatic rings. The number of nitrogens with zero attached hydrogens (tertiary/aromatic N) is 5. The molecule has 0 radical (unpaired) electrons. The van der Waals surface area contributed by atoms with E-state index >= 15 is 0 Å². The van der Waals surface area contributed by atoms with Crippen LogP contribution in [0.1, 0.15) is 24.7 Å². The number of carbonyl (C=O) groups excluding carboxylic acids is 1. The van der Waals surface area contributed by atoms with Crippen molar-refractivity contribution in [2.45, 2.75) is 25.3 Å². The van der Waals surface area contributed by atoms with E-state index < -0.39 is 21.1 Å². The third-order valence-corrected chi connectivity index (χ3v) is 7.54. The monoisotopic (exact) mass is 450 g/mol. The van der Waals surface area contributed by atoms with Crippen molar-refractivity contribution in [1.82, 2.24) is 19.5 Å². The van der Waals surface area contributed by atoms with E-state index in [1.54, 1.807) is 12.3 Å². The van der Waals surface area contributed by atoms with Gasteiger partial charge in [-0.3, -0.25) is 9.59 Å². The molecule has 1 fully saturated rings. The van der Waals surface area contributed by atoms with Gasteiger partial charge >= 0.3 is 0 Å². The predicted octanol–water partition coefficient (Wildman–Crippen LogP) is 1.50. The molecule has 0 aliphatic carbocycles. The largest absolute Gasteiger partial charge is 0.373 e. The number of nitriles is 1. The lowest BCUT2D eigenvalue weighted by Crippen LogP contribution is -2.37. The number of fused-ring (bicyclic) bond motifs is 1. The molecule has 0 saturated carbocycles. The fraction of sp³-hybridized carbons (Fsp3) is 0.318. The number of hydrogen-bond donors (Lipinski definition) is 1. The van der Waals surface area contributed by atoms with E-state index in [0.717, 1.165) is 18.4 Å². The van der Waals surface area contributed by atoms with Crippen LogP contribution in [0.15, 0.2) is 41.3 Å². The number of rotatable bonds is 4. The van der Waals surface area contributed by atoms with E-state index in [1.807, 2.05) is 10.6 Å². The predicted molar refractivity (Wildman–Crippen MR) is 121 cm³/mol. The van der Waals surface area contributed by atoms with E-state index in [9.17, 15) is 14.0 Å². The van der Waals surface area contributed by atoms with Crippen LogP contribution in [0.5, 0.6) is 0 Å². The molecule has 1 atom stereocenters. The lowest BCUT2D eigenvalue weighted by Gasteiger charge is -2.23. The number of aromatic amines is 1. The number of halogens is 1. The minimum Gasteiger partial charge on any atom is -0.373 e. The number of hydrogen-bond acceptors (Lipinski definition) is 6. The summed E-state index contributed by atoms with van der Waals surface area (Å²) in [6, 6.07) is 9.57. The van der Waals surface area contributed by atoms with Crippen LogP contribution in [0, 0.1) is 17.1 Å². The molecule has 3 aromatic rings. The maximum atomic E-state index is 13.4. The number of aromatic nitrogens is 3. The number of anilines is 1. The van der Waals surface area contributed by atoms with Crippen molar-refractivity contribution in [2.75, 3.05) is 24.5 Å². The van der Waals surface area contributed by atoms with Gasteiger partial charge in [-0.25, -0.2) is 14.4 Å². The van der Waals surface area contributed by atoms with Gasteiger partial charge in [0.15, 0.2) is 0 Å². The number of amides is 1. The molecule has 8 nitrogen and oxygen atoms in total. The molecule has 0 spiro atoms. The van der Waals surface area contributed by atoms with Crippen molar-refractivity contribution in [1.29, 1.82) is 5.26 Å². The summed E-state index contributed by atoms with van der Waals surface area (Å²) in [7, 11) is -0.802. The lowest BCUT2D eigenvalue weighted by atomic mass is 10.2. The Balaban J connectivity index is 1.40. The van der Waals surface area contributed by atoms with Gasteiger partial charge in [0.05, 0.1) is 16.5 Å². The minimum absolute atomic E-state index is 0.0556. The highest BCUT2D eigenvalue weighted by atomic mass is 28.2. The Morgan fingerprint density at radius 2 is 2.19 bits per heavy atom.